The van der Waals surface area contributed by atoms with Gasteiger partial charge in [-0.3, -0.25) is 4.79 Å². The fourth-order valence-corrected chi connectivity index (χ4v) is 1.88. The zero-order chi connectivity index (χ0) is 13.1. The Kier molecular flexibility index (Phi) is 3.69. The molecule has 0 spiro atoms. The van der Waals surface area contributed by atoms with E-state index in [0.29, 0.717) is 6.42 Å². The monoisotopic (exact) mass is 255 g/mol. The third-order valence-corrected chi connectivity index (χ3v) is 2.83. The molecule has 0 aromatic heterocycles. The second-order valence-corrected chi connectivity index (χ2v) is 4.18. The summed E-state index contributed by atoms with van der Waals surface area (Å²) in [6.45, 7) is -0.708. The second-order valence-electron chi connectivity index (χ2n) is 4.18. The average Bonchev–Trinajstić information content (AvgIpc) is 3.08. The van der Waals surface area contributed by atoms with Gasteiger partial charge in [-0.05, 0) is 36.3 Å². The van der Waals surface area contributed by atoms with Crippen molar-refractivity contribution in [3.63, 3.8) is 0 Å². The number of nitrogens with one attached hydrogen (secondary N) is 1. The van der Waals surface area contributed by atoms with Gasteiger partial charge in [0.05, 0.1) is 0 Å². The van der Waals surface area contributed by atoms with Crippen LogP contribution < -0.4 is 5.32 Å². The molecule has 1 aromatic rings. The van der Waals surface area contributed by atoms with Gasteiger partial charge < -0.3 is 5.32 Å². The molecule has 0 heterocycles. The van der Waals surface area contributed by atoms with Crippen molar-refractivity contribution in [3.8, 4) is 0 Å². The Hall–Kier alpha value is -1.78. The van der Waals surface area contributed by atoms with Crippen molar-refractivity contribution in [3.05, 3.63) is 47.5 Å². The summed E-state index contributed by atoms with van der Waals surface area (Å²) >= 11 is 0. The first-order valence-corrected chi connectivity index (χ1v) is 5.59. The van der Waals surface area contributed by atoms with E-state index < -0.39 is 24.2 Å². The minimum absolute atomic E-state index is 0.205. The van der Waals surface area contributed by atoms with E-state index in [1.807, 2.05) is 0 Å². The summed E-state index contributed by atoms with van der Waals surface area (Å²) in [4.78, 5) is 11.2. The first-order chi connectivity index (χ1) is 8.61. The van der Waals surface area contributed by atoms with E-state index in [-0.39, 0.29) is 17.5 Å². The number of amides is 1. The van der Waals surface area contributed by atoms with Crippen LogP contribution in [0.25, 0.3) is 0 Å². The number of carbonyl (C=O) groups is 1. The van der Waals surface area contributed by atoms with Gasteiger partial charge in [0.1, 0.15) is 18.3 Å². The van der Waals surface area contributed by atoms with Gasteiger partial charge in [-0.15, -0.1) is 0 Å². The van der Waals surface area contributed by atoms with E-state index in [4.69, 9.17) is 0 Å². The number of hydrogen-bond acceptors (Lipinski definition) is 1. The molecule has 1 N–H and O–H groups in total. The zero-order valence-electron chi connectivity index (χ0n) is 9.50. The summed E-state index contributed by atoms with van der Waals surface area (Å²) < 4.78 is 38.2. The third-order valence-electron chi connectivity index (χ3n) is 2.83. The summed E-state index contributed by atoms with van der Waals surface area (Å²) in [5.41, 5.74) is 0.273. The molecule has 1 fully saturated rings. The number of allylic oxidation sites excluding steroid dienone is 1. The van der Waals surface area contributed by atoms with Crippen molar-refractivity contribution in [1.29, 1.82) is 0 Å². The maximum atomic E-state index is 13.4. The average molecular weight is 255 g/mol. The molecule has 2 atom stereocenters. The highest BCUT2D eigenvalue weighted by atomic mass is 19.1. The van der Waals surface area contributed by atoms with Gasteiger partial charge in [-0.25, -0.2) is 13.2 Å². The first-order valence-electron chi connectivity index (χ1n) is 5.59. The molecule has 1 amide bonds. The lowest BCUT2D eigenvalue weighted by Crippen LogP contribution is -2.24. The van der Waals surface area contributed by atoms with E-state index in [0.717, 1.165) is 30.4 Å². The third kappa shape index (κ3) is 2.91. The summed E-state index contributed by atoms with van der Waals surface area (Å²) in [7, 11) is 0. The van der Waals surface area contributed by atoms with Crippen molar-refractivity contribution in [2.75, 3.05) is 6.67 Å². The molecule has 0 unspecified atom stereocenters. The Morgan fingerprint density at radius 3 is 2.94 bits per heavy atom. The lowest BCUT2D eigenvalue weighted by atomic mass is 10.1. The second kappa shape index (κ2) is 5.25. The number of hydrogen-bond donors (Lipinski definition) is 1. The van der Waals surface area contributed by atoms with Gasteiger partial charge in [0, 0.05) is 18.0 Å². The highest BCUT2D eigenvalue weighted by molar-refractivity contribution is 5.88. The Balaban J connectivity index is 1.97. The first kappa shape index (κ1) is 12.7. The van der Waals surface area contributed by atoms with Crippen LogP contribution in [0.4, 0.5) is 13.2 Å². The number of halogens is 3. The van der Waals surface area contributed by atoms with Crippen LogP contribution >= 0.6 is 0 Å². The number of alkyl halides is 1. The summed E-state index contributed by atoms with van der Waals surface area (Å²) in [6, 6.07) is 3.06. The van der Waals surface area contributed by atoms with Crippen LogP contribution in [0, 0.1) is 11.6 Å². The number of carbonyl (C=O) groups excluding carboxylic acids is 1. The number of rotatable bonds is 4. The fraction of sp³-hybridized carbons (Fsp3) is 0.308. The smallest absolute Gasteiger partial charge is 0.243 e. The Labute approximate surface area is 102 Å². The Bertz CT molecular complexity index is 487. The van der Waals surface area contributed by atoms with Crippen LogP contribution in [-0.2, 0) is 4.79 Å². The molecular formula is C13H12F3NO. The van der Waals surface area contributed by atoms with Gasteiger partial charge in [-0.2, -0.15) is 0 Å². The standard InChI is InChI=1S/C13H12F3NO/c14-5-1-2-13(18)17-12-7-10(12)9-6-8(15)3-4-11(9)16/h1-4,6,10,12H,5,7H2,(H,17,18)/b2-1+/t10-,12+/m0/s1. The normalized spacial score (nSPS) is 22.2. The molecule has 1 aromatic carbocycles. The minimum Gasteiger partial charge on any atom is -0.349 e. The molecular weight excluding hydrogens is 243 g/mol. The molecule has 2 nitrogen and oxygen atoms in total. The molecule has 18 heavy (non-hydrogen) atoms. The maximum Gasteiger partial charge on any atom is 0.243 e. The van der Waals surface area contributed by atoms with Crippen molar-refractivity contribution >= 4 is 5.91 Å². The molecule has 0 saturated heterocycles. The largest absolute Gasteiger partial charge is 0.349 e. The molecule has 1 aliphatic rings. The molecule has 1 aliphatic carbocycles. The van der Waals surface area contributed by atoms with E-state index in [1.165, 1.54) is 0 Å². The van der Waals surface area contributed by atoms with E-state index >= 15 is 0 Å². The van der Waals surface area contributed by atoms with Gasteiger partial charge in [0.25, 0.3) is 0 Å². The predicted molar refractivity (Wildman–Crippen MR) is 60.8 cm³/mol. The van der Waals surface area contributed by atoms with Gasteiger partial charge in [0.2, 0.25) is 5.91 Å². The van der Waals surface area contributed by atoms with E-state index in [2.05, 4.69) is 5.32 Å². The van der Waals surface area contributed by atoms with Gasteiger partial charge in [-0.1, -0.05) is 0 Å². The fourth-order valence-electron chi connectivity index (χ4n) is 1.88. The Morgan fingerprint density at radius 2 is 2.22 bits per heavy atom. The quantitative estimate of drug-likeness (QED) is 0.823. The SMILES string of the molecule is O=C(/C=C/CF)N[C@@H]1C[C@H]1c1cc(F)ccc1F. The Morgan fingerprint density at radius 1 is 1.44 bits per heavy atom. The minimum atomic E-state index is -0.708. The molecule has 0 radical (unpaired) electrons. The lowest BCUT2D eigenvalue weighted by Gasteiger charge is -2.03. The molecule has 0 aliphatic heterocycles. The highest BCUT2D eigenvalue weighted by Gasteiger charge is 2.40. The van der Waals surface area contributed by atoms with Crippen molar-refractivity contribution < 1.29 is 18.0 Å². The zero-order valence-corrected chi connectivity index (χ0v) is 9.50. The van der Waals surface area contributed by atoms with Crippen molar-refractivity contribution in [1.82, 2.24) is 5.32 Å². The van der Waals surface area contributed by atoms with Crippen LogP contribution in [-0.4, -0.2) is 18.6 Å². The van der Waals surface area contributed by atoms with E-state index in [1.54, 1.807) is 0 Å². The molecule has 0 bridgehead atoms. The molecule has 5 heteroatoms. The maximum absolute atomic E-state index is 13.4. The molecule has 96 valence electrons. The van der Waals surface area contributed by atoms with Crippen LogP contribution in [0.3, 0.4) is 0 Å². The van der Waals surface area contributed by atoms with Crippen LogP contribution in [0.1, 0.15) is 17.9 Å². The number of benzene rings is 1. The molecule has 1 saturated carbocycles. The van der Waals surface area contributed by atoms with Gasteiger partial charge in [0.15, 0.2) is 0 Å². The summed E-state index contributed by atoms with van der Waals surface area (Å²) in [5.74, 6) is -1.60. The van der Waals surface area contributed by atoms with Gasteiger partial charge >= 0.3 is 0 Å². The van der Waals surface area contributed by atoms with Crippen molar-refractivity contribution in [2.24, 2.45) is 0 Å². The van der Waals surface area contributed by atoms with E-state index in [9.17, 15) is 18.0 Å². The highest BCUT2D eigenvalue weighted by Crippen LogP contribution is 2.42. The van der Waals surface area contributed by atoms with Crippen LogP contribution in [0.2, 0.25) is 0 Å². The topological polar surface area (TPSA) is 29.1 Å². The summed E-state index contributed by atoms with van der Waals surface area (Å²) in [6.07, 6.45) is 2.75. The lowest BCUT2D eigenvalue weighted by molar-refractivity contribution is -0.116. The van der Waals surface area contributed by atoms with Crippen molar-refractivity contribution in [2.45, 2.75) is 18.4 Å². The van der Waals surface area contributed by atoms with Crippen LogP contribution in [0.5, 0.6) is 0 Å². The van der Waals surface area contributed by atoms with Crippen LogP contribution in [0.15, 0.2) is 30.4 Å². The molecule has 2 rings (SSSR count). The predicted octanol–water partition coefficient (Wildman–Crippen LogP) is 2.46. The summed E-state index contributed by atoms with van der Waals surface area (Å²) in [5, 5.41) is 2.60.